The molecular formula is C21H19BrClNOS. The summed E-state index contributed by atoms with van der Waals surface area (Å²) in [6.45, 7) is 4.43. The van der Waals surface area contributed by atoms with Gasteiger partial charge < -0.3 is 4.42 Å². The molecule has 1 aromatic heterocycles. The zero-order chi connectivity index (χ0) is 18.5. The van der Waals surface area contributed by atoms with Crippen LogP contribution in [0.25, 0.3) is 0 Å². The van der Waals surface area contributed by atoms with Crippen molar-refractivity contribution in [1.29, 1.82) is 0 Å². The van der Waals surface area contributed by atoms with Crippen molar-refractivity contribution in [3.8, 4) is 0 Å². The summed E-state index contributed by atoms with van der Waals surface area (Å²) in [7, 11) is 0. The molecule has 0 aliphatic heterocycles. The Kier molecular flexibility index (Phi) is 6.63. The molecule has 134 valence electrons. The fourth-order valence-corrected chi connectivity index (χ4v) is 3.83. The Morgan fingerprint density at radius 3 is 2.50 bits per heavy atom. The number of hydrogen-bond donors (Lipinski definition) is 0. The van der Waals surface area contributed by atoms with Crippen molar-refractivity contribution in [2.45, 2.75) is 36.2 Å². The predicted octanol–water partition coefficient (Wildman–Crippen LogP) is 8.11. The molecule has 1 heterocycles. The second-order valence-corrected chi connectivity index (χ2v) is 8.34. The second-order valence-electron chi connectivity index (χ2n) is 6.00. The summed E-state index contributed by atoms with van der Waals surface area (Å²) in [5.41, 5.74) is 2.25. The van der Waals surface area contributed by atoms with E-state index in [1.54, 1.807) is 6.21 Å². The number of halogens is 2. The van der Waals surface area contributed by atoms with Gasteiger partial charge in [-0.25, -0.2) is 0 Å². The molecule has 3 rings (SSSR count). The van der Waals surface area contributed by atoms with Crippen LogP contribution in [0.4, 0.5) is 5.69 Å². The highest BCUT2D eigenvalue weighted by Crippen LogP contribution is 2.36. The Hall–Kier alpha value is -1.49. The van der Waals surface area contributed by atoms with Gasteiger partial charge in [0.05, 0.1) is 16.4 Å². The maximum absolute atomic E-state index is 5.93. The third-order valence-electron chi connectivity index (χ3n) is 4.11. The van der Waals surface area contributed by atoms with Crippen molar-refractivity contribution in [2.24, 2.45) is 4.99 Å². The number of aliphatic imine (C=N–C) groups is 1. The molecule has 0 unspecified atom stereocenters. The molecule has 1 atom stereocenters. The Morgan fingerprint density at radius 1 is 1.15 bits per heavy atom. The molecule has 3 aromatic rings. The smallest absolute Gasteiger partial charge is 0.179 e. The molecular weight excluding hydrogens is 430 g/mol. The fraction of sp³-hybridized carbons (Fsp3) is 0.190. The van der Waals surface area contributed by atoms with Gasteiger partial charge in [0.1, 0.15) is 5.76 Å². The van der Waals surface area contributed by atoms with E-state index in [4.69, 9.17) is 16.0 Å². The zero-order valence-corrected chi connectivity index (χ0v) is 17.7. The highest BCUT2D eigenvalue weighted by Gasteiger charge is 2.10. The summed E-state index contributed by atoms with van der Waals surface area (Å²) in [4.78, 5) is 5.57. The van der Waals surface area contributed by atoms with Gasteiger partial charge in [-0.3, -0.25) is 4.99 Å². The van der Waals surface area contributed by atoms with Crippen LogP contribution in [0.5, 0.6) is 0 Å². The Balaban J connectivity index is 1.70. The zero-order valence-electron chi connectivity index (χ0n) is 14.6. The van der Waals surface area contributed by atoms with Gasteiger partial charge >= 0.3 is 0 Å². The van der Waals surface area contributed by atoms with Gasteiger partial charge in [0, 0.05) is 16.0 Å². The molecule has 0 aliphatic rings. The van der Waals surface area contributed by atoms with Crippen molar-refractivity contribution in [2.75, 3.05) is 0 Å². The van der Waals surface area contributed by atoms with E-state index in [0.29, 0.717) is 11.7 Å². The van der Waals surface area contributed by atoms with Gasteiger partial charge in [-0.1, -0.05) is 49.3 Å². The number of benzene rings is 2. The number of furan rings is 1. The van der Waals surface area contributed by atoms with E-state index in [2.05, 4.69) is 46.9 Å². The molecule has 0 saturated heterocycles. The van der Waals surface area contributed by atoms with Crippen LogP contribution in [0.2, 0.25) is 5.02 Å². The van der Waals surface area contributed by atoms with E-state index in [9.17, 15) is 0 Å². The molecule has 0 saturated carbocycles. The Labute approximate surface area is 171 Å². The van der Waals surface area contributed by atoms with E-state index in [1.807, 2.05) is 42.5 Å². The Morgan fingerprint density at radius 2 is 1.85 bits per heavy atom. The molecule has 0 radical (unpaired) electrons. The van der Waals surface area contributed by atoms with Gasteiger partial charge in [-0.05, 0) is 70.2 Å². The normalized spacial score (nSPS) is 12.6. The van der Waals surface area contributed by atoms with E-state index >= 15 is 0 Å². The minimum Gasteiger partial charge on any atom is -0.447 e. The standard InChI is InChI=1S/C21H19BrClNOS/c1-3-14(2)15-4-8-17(9-5-15)24-13-18-12-20(22)21(25-18)26-19-10-6-16(23)7-11-19/h4-14H,3H2,1-2H3/t14-/m0/s1. The van der Waals surface area contributed by atoms with Gasteiger partial charge in [-0.2, -0.15) is 0 Å². The lowest BCUT2D eigenvalue weighted by Crippen LogP contribution is -1.89. The fourth-order valence-electron chi connectivity index (χ4n) is 2.37. The van der Waals surface area contributed by atoms with Crippen LogP contribution in [-0.4, -0.2) is 6.21 Å². The van der Waals surface area contributed by atoms with E-state index in [0.717, 1.165) is 31.6 Å². The minimum absolute atomic E-state index is 0.571. The number of nitrogens with zero attached hydrogens (tertiary/aromatic N) is 1. The van der Waals surface area contributed by atoms with Crippen LogP contribution < -0.4 is 0 Å². The molecule has 2 nitrogen and oxygen atoms in total. The first-order chi connectivity index (χ1) is 12.5. The highest BCUT2D eigenvalue weighted by molar-refractivity contribution is 9.10. The summed E-state index contributed by atoms with van der Waals surface area (Å²) in [6.07, 6.45) is 2.88. The molecule has 2 aromatic carbocycles. The van der Waals surface area contributed by atoms with Crippen LogP contribution >= 0.6 is 39.3 Å². The first-order valence-electron chi connectivity index (χ1n) is 8.42. The van der Waals surface area contributed by atoms with E-state index in [-0.39, 0.29) is 0 Å². The van der Waals surface area contributed by atoms with Crippen LogP contribution in [0.1, 0.15) is 37.5 Å². The monoisotopic (exact) mass is 447 g/mol. The van der Waals surface area contributed by atoms with Crippen molar-refractivity contribution in [1.82, 2.24) is 0 Å². The van der Waals surface area contributed by atoms with Crippen molar-refractivity contribution in [3.63, 3.8) is 0 Å². The van der Waals surface area contributed by atoms with Gasteiger partial charge in [-0.15, -0.1) is 0 Å². The minimum atomic E-state index is 0.571. The molecule has 26 heavy (non-hydrogen) atoms. The average Bonchev–Trinajstić information content (AvgIpc) is 3.01. The molecule has 5 heteroatoms. The largest absolute Gasteiger partial charge is 0.447 e. The third-order valence-corrected chi connectivity index (χ3v) is 6.21. The molecule has 0 bridgehead atoms. The molecule has 0 N–H and O–H groups in total. The third kappa shape index (κ3) is 5.03. The van der Waals surface area contributed by atoms with Crippen molar-refractivity contribution < 1.29 is 4.42 Å². The lowest BCUT2D eigenvalue weighted by Gasteiger charge is -2.08. The van der Waals surface area contributed by atoms with E-state index in [1.165, 1.54) is 17.3 Å². The summed E-state index contributed by atoms with van der Waals surface area (Å²) in [6, 6.07) is 18.0. The van der Waals surface area contributed by atoms with E-state index < -0.39 is 0 Å². The molecule has 0 aliphatic carbocycles. The van der Waals surface area contributed by atoms with Crippen LogP contribution in [0.3, 0.4) is 0 Å². The maximum atomic E-state index is 5.93. The highest BCUT2D eigenvalue weighted by atomic mass is 79.9. The average molecular weight is 449 g/mol. The summed E-state index contributed by atoms with van der Waals surface area (Å²) < 4.78 is 6.79. The summed E-state index contributed by atoms with van der Waals surface area (Å²) >= 11 is 11.0. The van der Waals surface area contributed by atoms with Crippen LogP contribution in [0, 0.1) is 0 Å². The topological polar surface area (TPSA) is 25.5 Å². The number of hydrogen-bond acceptors (Lipinski definition) is 3. The molecule has 0 fully saturated rings. The lowest BCUT2D eigenvalue weighted by molar-refractivity contribution is 0.466. The number of rotatable bonds is 6. The van der Waals surface area contributed by atoms with Crippen molar-refractivity contribution in [3.05, 3.63) is 75.4 Å². The quantitative estimate of drug-likeness (QED) is 0.356. The SMILES string of the molecule is CC[C@H](C)c1ccc(N=Cc2cc(Br)c(Sc3ccc(Cl)cc3)o2)cc1. The van der Waals surface area contributed by atoms with Gasteiger partial charge in [0.15, 0.2) is 5.09 Å². The lowest BCUT2D eigenvalue weighted by atomic mass is 9.99. The van der Waals surface area contributed by atoms with Gasteiger partial charge in [0.25, 0.3) is 0 Å². The summed E-state index contributed by atoms with van der Waals surface area (Å²) in [5.74, 6) is 1.28. The second kappa shape index (κ2) is 8.94. The van der Waals surface area contributed by atoms with Crippen molar-refractivity contribution >= 4 is 51.2 Å². The predicted molar refractivity (Wildman–Crippen MR) is 114 cm³/mol. The summed E-state index contributed by atoms with van der Waals surface area (Å²) in [5, 5.41) is 1.51. The van der Waals surface area contributed by atoms with Crippen LogP contribution in [0.15, 0.2) is 78.5 Å². The first-order valence-corrected chi connectivity index (χ1v) is 10.4. The van der Waals surface area contributed by atoms with Crippen LogP contribution in [-0.2, 0) is 0 Å². The molecule has 0 spiro atoms. The maximum Gasteiger partial charge on any atom is 0.179 e. The Bertz CT molecular complexity index is 887. The first kappa shape index (κ1) is 19.3. The van der Waals surface area contributed by atoms with Gasteiger partial charge in [0.2, 0.25) is 0 Å². The molecule has 0 amide bonds.